The monoisotopic (exact) mass is 391 g/mol. The quantitative estimate of drug-likeness (QED) is 0.634. The van der Waals surface area contributed by atoms with E-state index in [1.165, 1.54) is 17.3 Å². The summed E-state index contributed by atoms with van der Waals surface area (Å²) in [7, 11) is 0. The van der Waals surface area contributed by atoms with Crippen molar-refractivity contribution in [3.63, 3.8) is 0 Å². The Bertz CT molecular complexity index is 1040. The molecule has 1 aromatic heterocycles. The first kappa shape index (κ1) is 17.1. The third-order valence-electron chi connectivity index (χ3n) is 4.84. The molecule has 6 nitrogen and oxygen atoms in total. The number of amides is 1. The molecule has 0 saturated heterocycles. The van der Waals surface area contributed by atoms with Gasteiger partial charge in [-0.25, -0.2) is 0 Å². The molecule has 0 unspecified atom stereocenters. The van der Waals surface area contributed by atoms with E-state index in [0.717, 1.165) is 40.7 Å². The number of carbonyl (C=O) groups excluding carboxylic acids is 1. The Morgan fingerprint density at radius 1 is 1.04 bits per heavy atom. The minimum Gasteiger partial charge on any atom is -0.454 e. The molecule has 2 aliphatic heterocycles. The molecule has 0 atom stereocenters. The third-order valence-corrected chi connectivity index (χ3v) is 5.74. The molecular formula is C21H17N3O3S. The standard InChI is InChI=1S/C21H17N3O3S/c25-21(24-10-9-14-3-1-2-4-17(14)24)12-28-20-8-6-16(22-23-20)15-5-7-18-19(11-15)27-13-26-18/h1-8,11H,9-10,12-13H2. The van der Waals surface area contributed by atoms with Gasteiger partial charge in [-0.1, -0.05) is 30.0 Å². The lowest BCUT2D eigenvalue weighted by Gasteiger charge is -2.16. The third kappa shape index (κ3) is 3.18. The fourth-order valence-corrected chi connectivity index (χ4v) is 4.11. The summed E-state index contributed by atoms with van der Waals surface area (Å²) in [6.07, 6.45) is 0.913. The molecule has 140 valence electrons. The van der Waals surface area contributed by atoms with Gasteiger partial charge < -0.3 is 14.4 Å². The lowest BCUT2D eigenvalue weighted by Crippen LogP contribution is -2.30. The van der Waals surface area contributed by atoms with Crippen molar-refractivity contribution in [2.75, 3.05) is 24.0 Å². The topological polar surface area (TPSA) is 64.5 Å². The zero-order chi connectivity index (χ0) is 18.9. The van der Waals surface area contributed by atoms with Crippen LogP contribution in [0.2, 0.25) is 0 Å². The molecule has 1 amide bonds. The number of hydrogen-bond donors (Lipinski definition) is 0. The number of aromatic nitrogens is 2. The van der Waals surface area contributed by atoms with Crippen molar-refractivity contribution in [1.29, 1.82) is 0 Å². The summed E-state index contributed by atoms with van der Waals surface area (Å²) >= 11 is 1.40. The number of nitrogens with zero attached hydrogens (tertiary/aromatic N) is 3. The Hall–Kier alpha value is -3.06. The summed E-state index contributed by atoms with van der Waals surface area (Å²) in [6.45, 7) is 0.989. The highest BCUT2D eigenvalue weighted by molar-refractivity contribution is 7.99. The number of ether oxygens (including phenoxy) is 2. The van der Waals surface area contributed by atoms with Crippen LogP contribution in [0.5, 0.6) is 11.5 Å². The molecule has 0 radical (unpaired) electrons. The molecule has 0 saturated carbocycles. The van der Waals surface area contributed by atoms with E-state index >= 15 is 0 Å². The summed E-state index contributed by atoms with van der Waals surface area (Å²) in [6, 6.07) is 17.6. The van der Waals surface area contributed by atoms with Crippen molar-refractivity contribution in [3.05, 3.63) is 60.2 Å². The second-order valence-electron chi connectivity index (χ2n) is 6.54. The fourth-order valence-electron chi connectivity index (χ4n) is 3.42. The zero-order valence-corrected chi connectivity index (χ0v) is 15.8. The maximum Gasteiger partial charge on any atom is 0.237 e. The van der Waals surface area contributed by atoms with Crippen LogP contribution in [0.25, 0.3) is 11.3 Å². The van der Waals surface area contributed by atoms with Gasteiger partial charge in [0.15, 0.2) is 11.5 Å². The van der Waals surface area contributed by atoms with Gasteiger partial charge in [-0.2, -0.15) is 0 Å². The van der Waals surface area contributed by atoms with Crippen molar-refractivity contribution in [1.82, 2.24) is 10.2 Å². The minimum atomic E-state index is 0.0941. The van der Waals surface area contributed by atoms with Crippen molar-refractivity contribution in [3.8, 4) is 22.8 Å². The second-order valence-corrected chi connectivity index (χ2v) is 7.53. The van der Waals surface area contributed by atoms with E-state index in [9.17, 15) is 4.79 Å². The van der Waals surface area contributed by atoms with E-state index in [0.29, 0.717) is 11.5 Å². The van der Waals surface area contributed by atoms with E-state index in [-0.39, 0.29) is 12.7 Å². The van der Waals surface area contributed by atoms with Gasteiger partial charge in [0.1, 0.15) is 5.03 Å². The number of benzene rings is 2. The molecule has 3 heterocycles. The lowest BCUT2D eigenvalue weighted by atomic mass is 10.1. The molecule has 0 fully saturated rings. The average molecular weight is 391 g/mol. The van der Waals surface area contributed by atoms with Crippen LogP contribution in [0.3, 0.4) is 0 Å². The van der Waals surface area contributed by atoms with Crippen LogP contribution in [0.1, 0.15) is 5.56 Å². The van der Waals surface area contributed by atoms with E-state index < -0.39 is 0 Å². The molecule has 0 bridgehead atoms. The summed E-state index contributed by atoms with van der Waals surface area (Å²) in [5.41, 5.74) is 3.92. The number of para-hydroxylation sites is 1. The molecule has 28 heavy (non-hydrogen) atoms. The first-order chi connectivity index (χ1) is 13.8. The molecule has 2 aliphatic rings. The Kier molecular flexibility index (Phi) is 4.37. The summed E-state index contributed by atoms with van der Waals surface area (Å²) in [4.78, 5) is 14.5. The summed E-state index contributed by atoms with van der Waals surface area (Å²) in [5.74, 6) is 1.89. The molecule has 0 aliphatic carbocycles. The Morgan fingerprint density at radius 3 is 2.82 bits per heavy atom. The van der Waals surface area contributed by atoms with Crippen molar-refractivity contribution in [2.24, 2.45) is 0 Å². The molecule has 2 aromatic carbocycles. The predicted octanol–water partition coefficient (Wildman–Crippen LogP) is 3.55. The Balaban J connectivity index is 1.24. The second kappa shape index (κ2) is 7.16. The van der Waals surface area contributed by atoms with Gasteiger partial charge in [-0.15, -0.1) is 10.2 Å². The molecular weight excluding hydrogens is 374 g/mol. The van der Waals surface area contributed by atoms with Crippen LogP contribution >= 0.6 is 11.8 Å². The molecule has 5 rings (SSSR count). The molecule has 7 heteroatoms. The van der Waals surface area contributed by atoms with Crippen LogP contribution in [-0.4, -0.2) is 35.2 Å². The van der Waals surface area contributed by atoms with Crippen molar-refractivity contribution in [2.45, 2.75) is 11.4 Å². The summed E-state index contributed by atoms with van der Waals surface area (Å²) in [5, 5.41) is 9.28. The van der Waals surface area contributed by atoms with E-state index in [4.69, 9.17) is 9.47 Å². The molecule has 3 aromatic rings. The van der Waals surface area contributed by atoms with Crippen molar-refractivity contribution >= 4 is 23.4 Å². The van der Waals surface area contributed by atoms with Gasteiger partial charge in [0.05, 0.1) is 11.4 Å². The average Bonchev–Trinajstić information content (AvgIpc) is 3.38. The molecule has 0 spiro atoms. The Morgan fingerprint density at radius 2 is 1.93 bits per heavy atom. The van der Waals surface area contributed by atoms with Crippen molar-refractivity contribution < 1.29 is 14.3 Å². The highest BCUT2D eigenvalue weighted by Gasteiger charge is 2.24. The smallest absolute Gasteiger partial charge is 0.237 e. The normalized spacial score (nSPS) is 14.2. The van der Waals surface area contributed by atoms with Gasteiger partial charge >= 0.3 is 0 Å². The Labute approximate surface area is 166 Å². The van der Waals surface area contributed by atoms with E-state index in [2.05, 4.69) is 16.3 Å². The van der Waals surface area contributed by atoms with Crippen LogP contribution in [0.4, 0.5) is 5.69 Å². The number of fused-ring (bicyclic) bond motifs is 2. The highest BCUT2D eigenvalue weighted by Crippen LogP contribution is 2.35. The SMILES string of the molecule is O=C(CSc1ccc(-c2ccc3c(c2)OCO3)nn1)N1CCc2ccccc21. The van der Waals surface area contributed by atoms with Gasteiger partial charge in [-0.3, -0.25) is 4.79 Å². The lowest BCUT2D eigenvalue weighted by molar-refractivity contribution is -0.116. The van der Waals surface area contributed by atoms with Gasteiger partial charge in [0.25, 0.3) is 0 Å². The van der Waals surface area contributed by atoms with Crippen LogP contribution < -0.4 is 14.4 Å². The van der Waals surface area contributed by atoms with Crippen LogP contribution in [-0.2, 0) is 11.2 Å². The maximum atomic E-state index is 12.6. The largest absolute Gasteiger partial charge is 0.454 e. The number of anilines is 1. The zero-order valence-electron chi connectivity index (χ0n) is 15.0. The predicted molar refractivity (Wildman–Crippen MR) is 107 cm³/mol. The first-order valence-electron chi connectivity index (χ1n) is 9.03. The fraction of sp³-hybridized carbons (Fsp3) is 0.190. The number of rotatable bonds is 4. The number of hydrogen-bond acceptors (Lipinski definition) is 6. The summed E-state index contributed by atoms with van der Waals surface area (Å²) < 4.78 is 10.7. The van der Waals surface area contributed by atoms with Gasteiger partial charge in [-0.05, 0) is 48.4 Å². The number of thioether (sulfide) groups is 1. The van der Waals surface area contributed by atoms with Crippen LogP contribution in [0, 0.1) is 0 Å². The maximum absolute atomic E-state index is 12.6. The first-order valence-corrected chi connectivity index (χ1v) is 10.0. The van der Waals surface area contributed by atoms with Gasteiger partial charge in [0, 0.05) is 17.8 Å². The van der Waals surface area contributed by atoms with Gasteiger partial charge in [0.2, 0.25) is 12.7 Å². The highest BCUT2D eigenvalue weighted by atomic mass is 32.2. The van der Waals surface area contributed by atoms with E-state index in [1.54, 1.807) is 0 Å². The number of carbonyl (C=O) groups is 1. The van der Waals surface area contributed by atoms with Crippen LogP contribution in [0.15, 0.2) is 59.6 Å². The minimum absolute atomic E-state index is 0.0941. The molecule has 0 N–H and O–H groups in total. The van der Waals surface area contributed by atoms with E-state index in [1.807, 2.05) is 53.4 Å².